The molecule has 1 aromatic carbocycles. The second-order valence-electron chi connectivity index (χ2n) is 4.93. The lowest BCUT2D eigenvalue weighted by molar-refractivity contribution is 0.399. The maximum absolute atomic E-state index is 12.9. The fourth-order valence-electron chi connectivity index (χ4n) is 2.14. The van der Waals surface area contributed by atoms with Crippen molar-refractivity contribution >= 4 is 53.2 Å². The van der Waals surface area contributed by atoms with Gasteiger partial charge in [-0.05, 0) is 51.8 Å². The van der Waals surface area contributed by atoms with Crippen LogP contribution in [0.2, 0.25) is 0 Å². The van der Waals surface area contributed by atoms with E-state index in [2.05, 4.69) is 31.9 Å². The third-order valence-electron chi connectivity index (χ3n) is 3.37. The van der Waals surface area contributed by atoms with Gasteiger partial charge >= 0.3 is 0 Å². The number of halogens is 2. The fourth-order valence-corrected chi connectivity index (χ4v) is 6.64. The molecule has 0 amide bonds. The van der Waals surface area contributed by atoms with Crippen LogP contribution in [0.1, 0.15) is 18.4 Å². The van der Waals surface area contributed by atoms with Crippen molar-refractivity contribution in [3.05, 3.63) is 50.2 Å². The Balaban J connectivity index is 1.96. The van der Waals surface area contributed by atoms with Crippen molar-refractivity contribution in [2.24, 2.45) is 0 Å². The van der Waals surface area contributed by atoms with Crippen molar-refractivity contribution in [1.29, 1.82) is 0 Å². The molecule has 1 aromatic heterocycles. The smallest absolute Gasteiger partial charge is 0.206 e. The summed E-state index contributed by atoms with van der Waals surface area (Å²) in [7, 11) is -3.46. The van der Waals surface area contributed by atoms with Gasteiger partial charge in [-0.3, -0.25) is 0 Å². The van der Waals surface area contributed by atoms with Gasteiger partial charge in [0.25, 0.3) is 10.0 Å². The Kier molecular flexibility index (Phi) is 4.57. The highest BCUT2D eigenvalue weighted by Gasteiger charge is 2.39. The molecule has 7 heteroatoms. The molecule has 0 aliphatic heterocycles. The highest BCUT2D eigenvalue weighted by Crippen LogP contribution is 2.38. The Labute approximate surface area is 145 Å². The summed E-state index contributed by atoms with van der Waals surface area (Å²) >= 11 is 8.09. The second-order valence-corrected chi connectivity index (χ2v) is 9.64. The minimum atomic E-state index is -3.46. The van der Waals surface area contributed by atoms with Gasteiger partial charge in [-0.2, -0.15) is 4.31 Å². The van der Waals surface area contributed by atoms with E-state index >= 15 is 0 Å². The van der Waals surface area contributed by atoms with Crippen LogP contribution in [0.25, 0.3) is 0 Å². The summed E-state index contributed by atoms with van der Waals surface area (Å²) in [5.41, 5.74) is 0.987. The van der Waals surface area contributed by atoms with E-state index < -0.39 is 10.0 Å². The SMILES string of the molecule is O=S(=O)(c1sccc1Br)N(Cc1ccccc1Br)C1CC1. The molecule has 1 aliphatic carbocycles. The van der Waals surface area contributed by atoms with Gasteiger partial charge in [0.2, 0.25) is 0 Å². The lowest BCUT2D eigenvalue weighted by Gasteiger charge is -2.22. The van der Waals surface area contributed by atoms with E-state index in [9.17, 15) is 8.42 Å². The molecule has 0 bridgehead atoms. The zero-order chi connectivity index (χ0) is 15.0. The lowest BCUT2D eigenvalue weighted by atomic mass is 10.2. The molecular weight excluding hydrogens is 438 g/mol. The van der Waals surface area contributed by atoms with Crippen LogP contribution in [0.4, 0.5) is 0 Å². The first-order chi connectivity index (χ1) is 10.00. The van der Waals surface area contributed by atoms with Crippen molar-refractivity contribution in [2.45, 2.75) is 29.6 Å². The van der Waals surface area contributed by atoms with Crippen LogP contribution in [-0.2, 0) is 16.6 Å². The minimum Gasteiger partial charge on any atom is -0.206 e. The van der Waals surface area contributed by atoms with Crippen molar-refractivity contribution in [3.63, 3.8) is 0 Å². The van der Waals surface area contributed by atoms with Crippen molar-refractivity contribution in [2.75, 3.05) is 0 Å². The van der Waals surface area contributed by atoms with Crippen LogP contribution < -0.4 is 0 Å². The van der Waals surface area contributed by atoms with Crippen molar-refractivity contribution < 1.29 is 8.42 Å². The molecule has 1 heterocycles. The van der Waals surface area contributed by atoms with E-state index in [0.29, 0.717) is 15.2 Å². The largest absolute Gasteiger partial charge is 0.254 e. The van der Waals surface area contributed by atoms with Crippen LogP contribution in [0.5, 0.6) is 0 Å². The van der Waals surface area contributed by atoms with Crippen LogP contribution in [0, 0.1) is 0 Å². The molecule has 0 spiro atoms. The molecule has 3 rings (SSSR count). The zero-order valence-electron chi connectivity index (χ0n) is 11.0. The summed E-state index contributed by atoms with van der Waals surface area (Å²) in [4.78, 5) is 0. The second kappa shape index (κ2) is 6.12. The molecule has 2 aromatic rings. The molecule has 0 radical (unpaired) electrons. The molecule has 0 saturated heterocycles. The maximum Gasteiger partial charge on any atom is 0.254 e. The molecule has 1 saturated carbocycles. The van der Waals surface area contributed by atoms with Gasteiger partial charge in [0.15, 0.2) is 0 Å². The van der Waals surface area contributed by atoms with Gasteiger partial charge < -0.3 is 0 Å². The predicted molar refractivity (Wildman–Crippen MR) is 91.9 cm³/mol. The topological polar surface area (TPSA) is 37.4 Å². The minimum absolute atomic E-state index is 0.121. The number of thiophene rings is 1. The number of hydrogen-bond donors (Lipinski definition) is 0. The Bertz CT molecular complexity index is 754. The number of benzene rings is 1. The van der Waals surface area contributed by atoms with Gasteiger partial charge in [0, 0.05) is 21.5 Å². The lowest BCUT2D eigenvalue weighted by Crippen LogP contribution is -2.32. The van der Waals surface area contributed by atoms with Crippen LogP contribution in [0.15, 0.2) is 48.9 Å². The van der Waals surface area contributed by atoms with Gasteiger partial charge in [-0.1, -0.05) is 34.1 Å². The molecule has 0 unspecified atom stereocenters. The Hall–Kier alpha value is -0.210. The summed E-state index contributed by atoms with van der Waals surface area (Å²) in [6.07, 6.45) is 1.87. The highest BCUT2D eigenvalue weighted by atomic mass is 79.9. The fraction of sp³-hybridized carbons (Fsp3) is 0.286. The number of sulfonamides is 1. The summed E-state index contributed by atoms with van der Waals surface area (Å²) in [5.74, 6) is 0. The molecule has 0 atom stereocenters. The Morgan fingerprint density at radius 2 is 1.86 bits per heavy atom. The van der Waals surface area contributed by atoms with Crippen LogP contribution >= 0.6 is 43.2 Å². The maximum atomic E-state index is 12.9. The first-order valence-corrected chi connectivity index (χ1v) is 10.4. The summed E-state index contributed by atoms with van der Waals surface area (Å²) < 4.78 is 29.4. The monoisotopic (exact) mass is 449 g/mol. The molecule has 3 nitrogen and oxygen atoms in total. The number of nitrogens with zero attached hydrogens (tertiary/aromatic N) is 1. The molecule has 1 aliphatic rings. The van der Waals surface area contributed by atoms with E-state index in [1.54, 1.807) is 15.8 Å². The van der Waals surface area contributed by atoms with E-state index in [0.717, 1.165) is 22.9 Å². The molecule has 112 valence electrons. The third kappa shape index (κ3) is 3.27. The summed E-state index contributed by atoms with van der Waals surface area (Å²) in [5, 5.41) is 1.79. The normalized spacial score (nSPS) is 15.6. The van der Waals surface area contributed by atoms with E-state index in [-0.39, 0.29) is 6.04 Å². The molecule has 0 N–H and O–H groups in total. The Morgan fingerprint density at radius 1 is 1.14 bits per heavy atom. The molecular formula is C14H13Br2NO2S2. The van der Waals surface area contributed by atoms with E-state index in [1.807, 2.05) is 24.3 Å². The quantitative estimate of drug-likeness (QED) is 0.665. The zero-order valence-corrected chi connectivity index (χ0v) is 15.8. The summed E-state index contributed by atoms with van der Waals surface area (Å²) in [6, 6.07) is 9.65. The third-order valence-corrected chi connectivity index (χ3v) is 8.68. The van der Waals surface area contributed by atoms with Crippen molar-refractivity contribution in [1.82, 2.24) is 4.31 Å². The highest BCUT2D eigenvalue weighted by molar-refractivity contribution is 9.10. The standard InChI is InChI=1S/C14H13Br2NO2S2/c15-12-4-2-1-3-10(12)9-17(11-5-6-11)21(18,19)14-13(16)7-8-20-14/h1-4,7-8,11H,5-6,9H2. The van der Waals surface area contributed by atoms with E-state index in [1.165, 1.54) is 11.3 Å². The molecule has 1 fully saturated rings. The summed E-state index contributed by atoms with van der Waals surface area (Å²) in [6.45, 7) is 0.402. The Morgan fingerprint density at radius 3 is 2.43 bits per heavy atom. The number of rotatable bonds is 5. The molecule has 21 heavy (non-hydrogen) atoms. The first-order valence-electron chi connectivity index (χ1n) is 6.48. The average Bonchev–Trinajstić information content (AvgIpc) is 3.18. The van der Waals surface area contributed by atoms with Crippen LogP contribution in [0.3, 0.4) is 0 Å². The van der Waals surface area contributed by atoms with E-state index in [4.69, 9.17) is 0 Å². The van der Waals surface area contributed by atoms with Gasteiger partial charge in [-0.15, -0.1) is 11.3 Å². The average molecular weight is 451 g/mol. The van der Waals surface area contributed by atoms with Gasteiger partial charge in [0.1, 0.15) is 4.21 Å². The van der Waals surface area contributed by atoms with Crippen molar-refractivity contribution in [3.8, 4) is 0 Å². The first kappa shape index (κ1) is 15.7. The van der Waals surface area contributed by atoms with Crippen LogP contribution in [-0.4, -0.2) is 18.8 Å². The van der Waals surface area contributed by atoms with Gasteiger partial charge in [-0.25, -0.2) is 8.42 Å². The van der Waals surface area contributed by atoms with Gasteiger partial charge in [0.05, 0.1) is 0 Å². The predicted octanol–water partition coefficient (Wildman–Crippen LogP) is 4.63. The number of hydrogen-bond acceptors (Lipinski definition) is 3.